The number of carbonyl (C=O) groups is 2. The van der Waals surface area contributed by atoms with E-state index in [-0.39, 0.29) is 21.9 Å². The van der Waals surface area contributed by atoms with E-state index in [2.05, 4.69) is 54.8 Å². The van der Waals surface area contributed by atoms with E-state index in [0.29, 0.717) is 11.8 Å². The third kappa shape index (κ3) is 4.70. The molecule has 4 rings (SSSR count). The Labute approximate surface area is 185 Å². The number of hydrogen-bond donors (Lipinski definition) is 1. The summed E-state index contributed by atoms with van der Waals surface area (Å²) in [5.41, 5.74) is 2.68. The molecule has 0 spiro atoms. The maximum atomic E-state index is 12.9. The lowest BCUT2D eigenvalue weighted by molar-refractivity contribution is -0.903. The lowest BCUT2D eigenvalue weighted by Crippen LogP contribution is -3.15. The van der Waals surface area contributed by atoms with Gasteiger partial charge in [0, 0.05) is 5.92 Å². The van der Waals surface area contributed by atoms with Gasteiger partial charge in [0.2, 0.25) is 11.8 Å². The smallest absolute Gasteiger partial charge is 0.236 e. The number of amides is 2. The van der Waals surface area contributed by atoms with Crippen LogP contribution in [0.1, 0.15) is 57.0 Å². The predicted molar refractivity (Wildman–Crippen MR) is 122 cm³/mol. The minimum absolute atomic E-state index is 0.0142. The van der Waals surface area contributed by atoms with Crippen LogP contribution in [0.4, 0.5) is 0 Å². The highest BCUT2D eigenvalue weighted by Gasteiger charge is 2.39. The van der Waals surface area contributed by atoms with E-state index < -0.39 is 0 Å². The number of piperazine rings is 1. The minimum atomic E-state index is 0.0142. The molecule has 1 aromatic rings. The average Bonchev–Trinajstić information content (AvgIpc) is 3.53. The van der Waals surface area contributed by atoms with Gasteiger partial charge in [-0.15, -0.1) is 11.8 Å². The van der Waals surface area contributed by atoms with Crippen LogP contribution in [0.25, 0.3) is 0 Å². The van der Waals surface area contributed by atoms with Crippen LogP contribution in [-0.4, -0.2) is 66.1 Å². The van der Waals surface area contributed by atoms with E-state index >= 15 is 0 Å². The Hall–Kier alpha value is -1.53. The predicted octanol–water partition coefficient (Wildman–Crippen LogP) is 2.08. The van der Waals surface area contributed by atoms with Crippen LogP contribution in [0, 0.1) is 5.92 Å². The third-order valence-corrected chi connectivity index (χ3v) is 8.12. The van der Waals surface area contributed by atoms with Gasteiger partial charge in [0.1, 0.15) is 5.37 Å². The summed E-state index contributed by atoms with van der Waals surface area (Å²) < 4.78 is 0. The van der Waals surface area contributed by atoms with Gasteiger partial charge in [0.25, 0.3) is 0 Å². The van der Waals surface area contributed by atoms with Gasteiger partial charge in [-0.3, -0.25) is 9.59 Å². The molecular weight excluding hydrogens is 394 g/mol. The molecule has 0 unspecified atom stereocenters. The Balaban J connectivity index is 1.35. The first-order valence-corrected chi connectivity index (χ1v) is 12.4. The maximum absolute atomic E-state index is 12.9. The Bertz CT molecular complexity index is 777. The molecule has 1 aromatic carbocycles. The van der Waals surface area contributed by atoms with Gasteiger partial charge in [-0.2, -0.15) is 0 Å². The first-order valence-electron chi connectivity index (χ1n) is 11.4. The molecule has 6 heteroatoms. The summed E-state index contributed by atoms with van der Waals surface area (Å²) in [6, 6.07) is 8.82. The first-order chi connectivity index (χ1) is 14.2. The molecule has 2 aliphatic heterocycles. The number of rotatable bonds is 5. The van der Waals surface area contributed by atoms with E-state index in [1.54, 1.807) is 11.8 Å². The van der Waals surface area contributed by atoms with Crippen molar-refractivity contribution in [1.82, 2.24) is 9.80 Å². The molecule has 164 valence electrons. The molecule has 3 aliphatic rings. The van der Waals surface area contributed by atoms with Crippen molar-refractivity contribution in [1.29, 1.82) is 0 Å². The molecule has 2 saturated heterocycles. The van der Waals surface area contributed by atoms with Crippen molar-refractivity contribution in [2.75, 3.05) is 39.3 Å². The van der Waals surface area contributed by atoms with Gasteiger partial charge in [-0.1, -0.05) is 45.0 Å². The van der Waals surface area contributed by atoms with E-state index in [1.165, 1.54) is 16.0 Å². The fourth-order valence-corrected chi connectivity index (χ4v) is 5.78. The lowest BCUT2D eigenvalue weighted by Gasteiger charge is -2.34. The SMILES string of the molecule is C[C@@H]1S[C@@H](c2ccc(C(C)(C)C)cc2)N(CC[NH+]2CCN(C(=O)C3CC3)CC2)C1=O. The zero-order chi connectivity index (χ0) is 21.5. The zero-order valence-corrected chi connectivity index (χ0v) is 19.6. The molecule has 1 N–H and O–H groups in total. The fourth-order valence-electron chi connectivity index (χ4n) is 4.47. The molecule has 1 saturated carbocycles. The van der Waals surface area contributed by atoms with Gasteiger partial charge in [-0.25, -0.2) is 0 Å². The number of benzene rings is 1. The monoisotopic (exact) mass is 430 g/mol. The molecule has 2 heterocycles. The van der Waals surface area contributed by atoms with Crippen molar-refractivity contribution < 1.29 is 14.5 Å². The van der Waals surface area contributed by atoms with Gasteiger partial charge < -0.3 is 14.7 Å². The lowest BCUT2D eigenvalue weighted by atomic mass is 9.86. The number of nitrogens with zero attached hydrogens (tertiary/aromatic N) is 2. The number of quaternary nitrogens is 1. The van der Waals surface area contributed by atoms with Crippen molar-refractivity contribution >= 4 is 23.6 Å². The van der Waals surface area contributed by atoms with Crippen LogP contribution in [-0.2, 0) is 15.0 Å². The van der Waals surface area contributed by atoms with Gasteiger partial charge in [-0.05, 0) is 36.3 Å². The van der Waals surface area contributed by atoms with Crippen LogP contribution in [0.15, 0.2) is 24.3 Å². The van der Waals surface area contributed by atoms with Gasteiger partial charge in [0.15, 0.2) is 0 Å². The van der Waals surface area contributed by atoms with Crippen molar-refractivity contribution in [2.24, 2.45) is 5.92 Å². The number of hydrogen-bond acceptors (Lipinski definition) is 3. The molecule has 0 bridgehead atoms. The minimum Gasteiger partial charge on any atom is -0.331 e. The van der Waals surface area contributed by atoms with E-state index in [9.17, 15) is 9.59 Å². The quantitative estimate of drug-likeness (QED) is 0.778. The Morgan fingerprint density at radius 2 is 1.77 bits per heavy atom. The van der Waals surface area contributed by atoms with Crippen molar-refractivity contribution in [2.45, 2.75) is 56.6 Å². The van der Waals surface area contributed by atoms with Gasteiger partial charge >= 0.3 is 0 Å². The highest BCUT2D eigenvalue weighted by atomic mass is 32.2. The Kier molecular flexibility index (Phi) is 6.18. The number of nitrogens with one attached hydrogen (secondary N) is 1. The molecule has 3 fully saturated rings. The summed E-state index contributed by atoms with van der Waals surface area (Å²) in [7, 11) is 0. The van der Waals surface area contributed by atoms with Crippen LogP contribution in [0.3, 0.4) is 0 Å². The highest BCUT2D eigenvalue weighted by molar-refractivity contribution is 8.01. The van der Waals surface area contributed by atoms with E-state index in [1.807, 2.05) is 6.92 Å². The molecule has 0 aromatic heterocycles. The molecule has 2 atom stereocenters. The second-order valence-electron chi connectivity index (χ2n) is 10.1. The number of carbonyl (C=O) groups excluding carboxylic acids is 2. The third-order valence-electron chi connectivity index (χ3n) is 6.72. The maximum Gasteiger partial charge on any atom is 0.236 e. The number of thioether (sulfide) groups is 1. The van der Waals surface area contributed by atoms with Crippen LogP contribution in [0.5, 0.6) is 0 Å². The summed E-state index contributed by atoms with van der Waals surface area (Å²) in [6.45, 7) is 14.2. The van der Waals surface area contributed by atoms with E-state index in [0.717, 1.165) is 52.1 Å². The Morgan fingerprint density at radius 3 is 2.33 bits per heavy atom. The summed E-state index contributed by atoms with van der Waals surface area (Å²) >= 11 is 1.76. The normalized spacial score (nSPS) is 25.8. The molecular formula is C24H36N3O2S+. The van der Waals surface area contributed by atoms with Crippen molar-refractivity contribution in [3.05, 3.63) is 35.4 Å². The van der Waals surface area contributed by atoms with E-state index in [4.69, 9.17) is 0 Å². The largest absolute Gasteiger partial charge is 0.331 e. The topological polar surface area (TPSA) is 45.1 Å². The summed E-state index contributed by atoms with van der Waals surface area (Å²) in [5.74, 6) is 0.942. The molecule has 2 amide bonds. The summed E-state index contributed by atoms with van der Waals surface area (Å²) in [5, 5.41) is 0.124. The zero-order valence-electron chi connectivity index (χ0n) is 18.8. The average molecular weight is 431 g/mol. The van der Waals surface area contributed by atoms with Crippen LogP contribution >= 0.6 is 11.8 Å². The summed E-state index contributed by atoms with van der Waals surface area (Å²) in [6.07, 6.45) is 2.16. The van der Waals surface area contributed by atoms with Crippen LogP contribution in [0.2, 0.25) is 0 Å². The molecule has 1 aliphatic carbocycles. The fraction of sp³-hybridized carbons (Fsp3) is 0.667. The Morgan fingerprint density at radius 1 is 1.13 bits per heavy atom. The summed E-state index contributed by atoms with van der Waals surface area (Å²) in [4.78, 5) is 30.8. The first kappa shape index (κ1) is 21.7. The molecule has 30 heavy (non-hydrogen) atoms. The highest BCUT2D eigenvalue weighted by Crippen LogP contribution is 2.42. The second-order valence-corrected chi connectivity index (χ2v) is 11.6. The van der Waals surface area contributed by atoms with Crippen LogP contribution < -0.4 is 4.90 Å². The van der Waals surface area contributed by atoms with Gasteiger partial charge in [0.05, 0.1) is 44.5 Å². The van der Waals surface area contributed by atoms with Crippen molar-refractivity contribution in [3.63, 3.8) is 0 Å². The second kappa shape index (κ2) is 8.54. The standard InChI is InChI=1S/C24H35N3O2S/c1-17-21(28)27(23(30-17)19-7-9-20(10-8-19)24(2,3)4)16-13-25-11-14-26(15-12-25)22(29)18-5-6-18/h7-10,17-18,23H,5-6,11-16H2,1-4H3/p+1/t17-,23-/m0/s1. The molecule has 0 radical (unpaired) electrons. The van der Waals surface area contributed by atoms with Crippen molar-refractivity contribution in [3.8, 4) is 0 Å². The molecule has 5 nitrogen and oxygen atoms in total.